The van der Waals surface area contributed by atoms with E-state index in [9.17, 15) is 13.2 Å². The molecule has 2 aromatic carbocycles. The van der Waals surface area contributed by atoms with Crippen molar-refractivity contribution in [2.75, 3.05) is 40.1 Å². The standard InChI is InChI=1S/C28H40ClN3O6S/c1-36-22-16-21(17-23(18-22)37-2)19-38-27-7-5-4-6-24(27)26(33)9-8-25(30)28(29)32-14-11-20(12-15-32)10-13-31-39(3,34)35/h4-7,16-18,20,25,28,31H,8-15,19,30H2,1-3H3. The van der Waals surface area contributed by atoms with Crippen molar-refractivity contribution >= 4 is 27.4 Å². The summed E-state index contributed by atoms with van der Waals surface area (Å²) in [6.07, 6.45) is 4.55. The van der Waals surface area contributed by atoms with Gasteiger partial charge in [-0.05, 0) is 74.5 Å². The molecule has 0 spiro atoms. The molecule has 0 aliphatic carbocycles. The number of hydrogen-bond acceptors (Lipinski definition) is 8. The van der Waals surface area contributed by atoms with Crippen LogP contribution in [0.1, 0.15) is 48.0 Å². The molecule has 11 heteroatoms. The number of nitrogens with two attached hydrogens (primary N) is 1. The molecule has 0 radical (unpaired) electrons. The van der Waals surface area contributed by atoms with Crippen LogP contribution in [0.3, 0.4) is 0 Å². The lowest BCUT2D eigenvalue weighted by Crippen LogP contribution is -2.48. The fraction of sp³-hybridized carbons (Fsp3) is 0.536. The van der Waals surface area contributed by atoms with Crippen LogP contribution in [0.25, 0.3) is 0 Å². The molecule has 1 aliphatic rings. The van der Waals surface area contributed by atoms with Crippen LogP contribution in [0.2, 0.25) is 0 Å². The summed E-state index contributed by atoms with van der Waals surface area (Å²) < 4.78 is 41.7. The smallest absolute Gasteiger partial charge is 0.208 e. The summed E-state index contributed by atoms with van der Waals surface area (Å²) in [6.45, 7) is 2.30. The van der Waals surface area contributed by atoms with Crippen LogP contribution in [0.15, 0.2) is 42.5 Å². The molecule has 216 valence electrons. The number of nitrogens with one attached hydrogen (secondary N) is 1. The Kier molecular flexibility index (Phi) is 11.9. The Morgan fingerprint density at radius 2 is 1.77 bits per heavy atom. The van der Waals surface area contributed by atoms with E-state index >= 15 is 0 Å². The summed E-state index contributed by atoms with van der Waals surface area (Å²) in [6, 6.07) is 12.3. The number of para-hydroxylation sites is 1. The second-order valence-corrected chi connectivity index (χ2v) is 12.2. The Labute approximate surface area is 237 Å². The second-order valence-electron chi connectivity index (χ2n) is 9.94. The number of rotatable bonds is 15. The predicted molar refractivity (Wildman–Crippen MR) is 153 cm³/mol. The maximum atomic E-state index is 13.1. The third-order valence-electron chi connectivity index (χ3n) is 6.97. The van der Waals surface area contributed by atoms with E-state index in [1.165, 1.54) is 6.26 Å². The van der Waals surface area contributed by atoms with Crippen LogP contribution in [-0.2, 0) is 16.6 Å². The molecule has 0 saturated carbocycles. The zero-order chi connectivity index (χ0) is 28.4. The number of hydrogen-bond donors (Lipinski definition) is 2. The molecule has 1 saturated heterocycles. The molecule has 3 N–H and O–H groups in total. The van der Waals surface area contributed by atoms with Gasteiger partial charge in [-0.25, -0.2) is 13.1 Å². The lowest BCUT2D eigenvalue weighted by atomic mass is 9.93. The van der Waals surface area contributed by atoms with E-state index in [1.807, 2.05) is 24.3 Å². The predicted octanol–water partition coefficient (Wildman–Crippen LogP) is 3.79. The molecule has 39 heavy (non-hydrogen) atoms. The third-order valence-corrected chi connectivity index (χ3v) is 8.29. The lowest BCUT2D eigenvalue weighted by molar-refractivity contribution is 0.0965. The van der Waals surface area contributed by atoms with E-state index in [4.69, 9.17) is 31.5 Å². The number of halogens is 1. The Bertz CT molecular complexity index is 1170. The van der Waals surface area contributed by atoms with E-state index in [0.29, 0.717) is 41.7 Å². The van der Waals surface area contributed by atoms with E-state index in [-0.39, 0.29) is 30.4 Å². The number of carbonyl (C=O) groups excluding carboxylic acids is 1. The van der Waals surface area contributed by atoms with Gasteiger partial charge in [0.2, 0.25) is 10.0 Å². The molecule has 2 aromatic rings. The minimum Gasteiger partial charge on any atom is -0.497 e. The number of Topliss-reactive ketones (excluding diaryl/α,β-unsaturated/α-hetero) is 1. The van der Waals surface area contributed by atoms with Gasteiger partial charge in [0, 0.05) is 25.1 Å². The van der Waals surface area contributed by atoms with Crippen molar-refractivity contribution in [2.45, 2.75) is 50.3 Å². The number of alkyl halides is 1. The molecule has 3 rings (SSSR count). The van der Waals surface area contributed by atoms with Crippen molar-refractivity contribution in [1.82, 2.24) is 9.62 Å². The van der Waals surface area contributed by atoms with Crippen LogP contribution in [0.4, 0.5) is 0 Å². The molecule has 0 bridgehead atoms. The second kappa shape index (κ2) is 14.9. The van der Waals surface area contributed by atoms with Crippen LogP contribution in [-0.4, -0.2) is 70.8 Å². The van der Waals surface area contributed by atoms with Crippen LogP contribution in [0, 0.1) is 5.92 Å². The van der Waals surface area contributed by atoms with Crippen molar-refractivity contribution in [3.8, 4) is 17.2 Å². The molecule has 1 aliphatic heterocycles. The molecule has 0 aromatic heterocycles. The highest BCUT2D eigenvalue weighted by molar-refractivity contribution is 7.88. The monoisotopic (exact) mass is 581 g/mol. The zero-order valence-electron chi connectivity index (χ0n) is 22.9. The van der Waals surface area contributed by atoms with E-state index in [0.717, 1.165) is 37.9 Å². The van der Waals surface area contributed by atoms with E-state index in [2.05, 4.69) is 9.62 Å². The maximum absolute atomic E-state index is 13.1. The Morgan fingerprint density at radius 1 is 1.13 bits per heavy atom. The van der Waals surface area contributed by atoms with Gasteiger partial charge in [-0.1, -0.05) is 12.1 Å². The fourth-order valence-electron chi connectivity index (χ4n) is 4.71. The first kappa shape index (κ1) is 31.2. The van der Waals surface area contributed by atoms with Gasteiger partial charge in [0.05, 0.1) is 26.0 Å². The molecule has 1 fully saturated rings. The lowest BCUT2D eigenvalue weighted by Gasteiger charge is -2.37. The van der Waals surface area contributed by atoms with Gasteiger partial charge in [0.15, 0.2) is 5.78 Å². The summed E-state index contributed by atoms with van der Waals surface area (Å²) >= 11 is 6.70. The highest BCUT2D eigenvalue weighted by Crippen LogP contribution is 2.27. The van der Waals surface area contributed by atoms with Gasteiger partial charge in [0.1, 0.15) is 29.4 Å². The fourth-order valence-corrected chi connectivity index (χ4v) is 5.52. The highest BCUT2D eigenvalue weighted by Gasteiger charge is 2.28. The number of carbonyl (C=O) groups is 1. The largest absolute Gasteiger partial charge is 0.497 e. The van der Waals surface area contributed by atoms with Crippen molar-refractivity contribution < 1.29 is 27.4 Å². The average Bonchev–Trinajstić information content (AvgIpc) is 2.93. The number of piperidine rings is 1. The summed E-state index contributed by atoms with van der Waals surface area (Å²) in [5.41, 5.74) is 7.40. The zero-order valence-corrected chi connectivity index (χ0v) is 24.5. The number of methoxy groups -OCH3 is 2. The van der Waals surface area contributed by atoms with Gasteiger partial charge in [0.25, 0.3) is 0 Å². The first-order chi connectivity index (χ1) is 18.6. The highest BCUT2D eigenvalue weighted by atomic mass is 35.5. The molecule has 9 nitrogen and oxygen atoms in total. The van der Waals surface area contributed by atoms with Crippen molar-refractivity contribution in [1.29, 1.82) is 0 Å². The van der Waals surface area contributed by atoms with Gasteiger partial charge >= 0.3 is 0 Å². The first-order valence-corrected chi connectivity index (χ1v) is 15.5. The van der Waals surface area contributed by atoms with Gasteiger partial charge < -0.3 is 19.9 Å². The summed E-state index contributed by atoms with van der Waals surface area (Å²) in [7, 11) is 0.0217. The Morgan fingerprint density at radius 3 is 2.38 bits per heavy atom. The van der Waals surface area contributed by atoms with E-state index in [1.54, 1.807) is 32.4 Å². The third kappa shape index (κ3) is 9.95. The number of sulfonamides is 1. The van der Waals surface area contributed by atoms with Gasteiger partial charge in [-0.15, -0.1) is 11.6 Å². The molecule has 0 amide bonds. The van der Waals surface area contributed by atoms with Crippen molar-refractivity contribution in [2.24, 2.45) is 11.7 Å². The summed E-state index contributed by atoms with van der Waals surface area (Å²) in [4.78, 5) is 15.3. The normalized spacial score (nSPS) is 16.4. The minimum atomic E-state index is -3.16. The SMILES string of the molecule is COc1cc(COc2ccccc2C(=O)CCC(N)C(Cl)N2CCC(CCNS(C)(=O)=O)CC2)cc(OC)c1. The van der Waals surface area contributed by atoms with Gasteiger partial charge in [-0.3, -0.25) is 9.69 Å². The maximum Gasteiger partial charge on any atom is 0.208 e. The number of likely N-dealkylation sites (tertiary alicyclic amines) is 1. The number of nitrogens with zero attached hydrogens (tertiary/aromatic N) is 1. The van der Waals surface area contributed by atoms with E-state index < -0.39 is 10.0 Å². The Balaban J connectivity index is 1.49. The summed E-state index contributed by atoms with van der Waals surface area (Å²) in [5, 5.41) is 0. The van der Waals surface area contributed by atoms with Crippen LogP contribution in [0.5, 0.6) is 17.2 Å². The van der Waals surface area contributed by atoms with Crippen LogP contribution >= 0.6 is 11.6 Å². The van der Waals surface area contributed by atoms with Crippen molar-refractivity contribution in [3.63, 3.8) is 0 Å². The molecular formula is C28H40ClN3O6S. The number of ether oxygens (including phenoxy) is 3. The quantitative estimate of drug-likeness (QED) is 0.185. The Hall–Kier alpha value is -2.37. The van der Waals surface area contributed by atoms with Crippen LogP contribution < -0.4 is 24.7 Å². The average molecular weight is 582 g/mol. The molecule has 1 heterocycles. The number of ketones is 1. The molecule has 2 atom stereocenters. The molecule has 2 unspecified atom stereocenters. The summed E-state index contributed by atoms with van der Waals surface area (Å²) in [5.74, 6) is 2.23. The van der Waals surface area contributed by atoms with Crippen molar-refractivity contribution in [3.05, 3.63) is 53.6 Å². The number of benzene rings is 2. The molecular weight excluding hydrogens is 542 g/mol. The first-order valence-electron chi connectivity index (χ1n) is 13.1. The topological polar surface area (TPSA) is 120 Å². The van der Waals surface area contributed by atoms with Gasteiger partial charge in [-0.2, -0.15) is 0 Å². The minimum absolute atomic E-state index is 0.0507.